The largest absolute Gasteiger partial charge is 0.508 e. The number of hydrogen-bond acceptors (Lipinski definition) is 18. The van der Waals surface area contributed by atoms with Crippen LogP contribution in [0.3, 0.4) is 0 Å². The van der Waals surface area contributed by atoms with Gasteiger partial charge in [-0.2, -0.15) is 0 Å². The molecule has 0 spiro atoms. The number of carboxylic acid groups (broad SMARTS) is 1. The lowest BCUT2D eigenvalue weighted by Crippen LogP contribution is -2.70. The van der Waals surface area contributed by atoms with E-state index in [4.69, 9.17) is 23.7 Å². The van der Waals surface area contributed by atoms with Crippen molar-refractivity contribution < 1.29 is 93.9 Å². The molecule has 1 aliphatic carbocycles. The minimum absolute atomic E-state index is 0.151. The first kappa shape index (κ1) is 39.7. The van der Waals surface area contributed by atoms with E-state index in [2.05, 4.69) is 0 Å². The summed E-state index contributed by atoms with van der Waals surface area (Å²) >= 11 is 0. The number of Topliss-reactive ketones (excluding diaryl/α,β-unsaturated/α-hetero) is 1. The molecule has 19 nitrogen and oxygen atoms in total. The van der Waals surface area contributed by atoms with E-state index in [0.29, 0.717) is 0 Å². The molecule has 0 amide bonds. The average molecular weight is 817 g/mol. The molecule has 2 aliphatic heterocycles. The second-order valence-corrected chi connectivity index (χ2v) is 13.7. The summed E-state index contributed by atoms with van der Waals surface area (Å²) in [5.74, 6) is -15.5. The van der Waals surface area contributed by atoms with Crippen LogP contribution in [0, 0.1) is 0 Å². The topological polar surface area (TPSA) is 317 Å². The monoisotopic (exact) mass is 816 g/mol. The van der Waals surface area contributed by atoms with Gasteiger partial charge in [-0.05, 0) is 65.7 Å². The first-order valence-corrected chi connectivity index (χ1v) is 17.3. The third-order valence-corrected chi connectivity index (χ3v) is 9.71. The number of phenols is 6. The molecule has 1 fully saturated rings. The van der Waals surface area contributed by atoms with Gasteiger partial charge in [-0.3, -0.25) is 4.79 Å². The van der Waals surface area contributed by atoms with Crippen LogP contribution in [0.15, 0.2) is 78.9 Å². The fourth-order valence-corrected chi connectivity index (χ4v) is 6.80. The maximum atomic E-state index is 14.0. The molecule has 2 heterocycles. The van der Waals surface area contributed by atoms with Gasteiger partial charge in [-0.15, -0.1) is 0 Å². The van der Waals surface area contributed by atoms with Crippen molar-refractivity contribution >= 4 is 35.8 Å². The Labute approximate surface area is 330 Å². The molecule has 6 atom stereocenters. The van der Waals surface area contributed by atoms with E-state index in [9.17, 15) is 70.2 Å². The number of aliphatic carboxylic acids is 1. The van der Waals surface area contributed by atoms with E-state index in [1.807, 2.05) is 0 Å². The molecule has 0 radical (unpaired) electrons. The SMILES string of the molecule is O=C(C=Cc1ccc2c(c1)OC1(O)C(=O)c3c(O)cc(O)cc3OC1(c1ccc(O)c(O)c1)O2)O[C@@H]1[C@H](O)C[C@@](O)(C(=O)O)C[C@H]1OC(=O)C=Cc1ccc(O)c(O)c1. The summed E-state index contributed by atoms with van der Waals surface area (Å²) in [6.07, 6.45) is -2.71. The molecule has 0 bridgehead atoms. The molecule has 10 N–H and O–H groups in total. The number of carbonyl (C=O) groups excluding carboxylic acids is 3. The van der Waals surface area contributed by atoms with Crippen LogP contribution < -0.4 is 14.2 Å². The van der Waals surface area contributed by atoms with Crippen LogP contribution in [0.2, 0.25) is 0 Å². The fraction of sp³-hybridized carbons (Fsp3) is 0.200. The van der Waals surface area contributed by atoms with Gasteiger partial charge in [0.1, 0.15) is 28.9 Å². The first-order valence-electron chi connectivity index (χ1n) is 17.3. The number of ketones is 1. The third-order valence-electron chi connectivity index (χ3n) is 9.71. The van der Waals surface area contributed by atoms with Crippen molar-refractivity contribution in [2.45, 2.75) is 48.3 Å². The second kappa shape index (κ2) is 14.5. The zero-order valence-corrected chi connectivity index (χ0v) is 30.0. The van der Waals surface area contributed by atoms with E-state index >= 15 is 0 Å². The van der Waals surface area contributed by atoms with E-state index in [0.717, 1.165) is 54.6 Å². The molecule has 7 rings (SSSR count). The number of aliphatic hydroxyl groups is 3. The number of aliphatic hydroxyl groups excluding tert-OH is 1. The number of esters is 2. The molecule has 3 aliphatic rings. The molecule has 1 saturated carbocycles. The van der Waals surface area contributed by atoms with Crippen LogP contribution in [0.5, 0.6) is 51.7 Å². The zero-order valence-electron chi connectivity index (χ0n) is 30.0. The molecular weight excluding hydrogens is 784 g/mol. The Balaban J connectivity index is 1.13. The van der Waals surface area contributed by atoms with Crippen LogP contribution in [-0.4, -0.2) is 104 Å². The maximum Gasteiger partial charge on any atom is 0.357 e. The summed E-state index contributed by atoms with van der Waals surface area (Å²) in [5.41, 5.74) is -3.01. The maximum absolute atomic E-state index is 14.0. The summed E-state index contributed by atoms with van der Waals surface area (Å²) in [6, 6.07) is 12.4. The summed E-state index contributed by atoms with van der Waals surface area (Å²) in [5, 5.41) is 103. The van der Waals surface area contributed by atoms with Gasteiger partial charge in [0.2, 0.25) is 0 Å². The van der Waals surface area contributed by atoms with Gasteiger partial charge in [-0.1, -0.05) is 12.1 Å². The van der Waals surface area contributed by atoms with Gasteiger partial charge in [0.05, 0.1) is 6.10 Å². The van der Waals surface area contributed by atoms with Gasteiger partial charge in [-0.25, -0.2) is 14.4 Å². The van der Waals surface area contributed by atoms with Crippen molar-refractivity contribution in [3.8, 4) is 51.7 Å². The third kappa shape index (κ3) is 7.09. The smallest absolute Gasteiger partial charge is 0.357 e. The normalized spacial score (nSPS) is 25.7. The Morgan fingerprint density at radius 1 is 0.661 bits per heavy atom. The quantitative estimate of drug-likeness (QED) is 0.0691. The number of fused-ring (bicyclic) bond motifs is 3. The Morgan fingerprint density at radius 3 is 1.93 bits per heavy atom. The minimum atomic E-state index is -3.16. The molecule has 19 heteroatoms. The van der Waals surface area contributed by atoms with Crippen molar-refractivity contribution in [3.05, 3.63) is 101 Å². The van der Waals surface area contributed by atoms with E-state index < -0.39 is 118 Å². The van der Waals surface area contributed by atoms with Crippen molar-refractivity contribution in [2.24, 2.45) is 0 Å². The number of benzene rings is 4. The molecule has 4 aromatic carbocycles. The Kier molecular flexibility index (Phi) is 9.75. The van der Waals surface area contributed by atoms with Crippen LogP contribution in [-0.2, 0) is 29.6 Å². The molecule has 2 unspecified atom stereocenters. The van der Waals surface area contributed by atoms with Gasteiger partial charge in [0, 0.05) is 42.7 Å². The number of hydrogen-bond donors (Lipinski definition) is 10. The highest BCUT2D eigenvalue weighted by Gasteiger charge is 2.71. The summed E-state index contributed by atoms with van der Waals surface area (Å²) in [4.78, 5) is 51.6. The number of carbonyl (C=O) groups is 4. The van der Waals surface area contributed by atoms with Crippen LogP contribution >= 0.6 is 0 Å². The molecular formula is C40H32O19. The van der Waals surface area contributed by atoms with Crippen LogP contribution in [0.25, 0.3) is 12.2 Å². The lowest BCUT2D eigenvalue weighted by atomic mass is 9.79. The van der Waals surface area contributed by atoms with Crippen molar-refractivity contribution in [1.29, 1.82) is 0 Å². The van der Waals surface area contributed by atoms with E-state index in [1.165, 1.54) is 36.4 Å². The van der Waals surface area contributed by atoms with Crippen LogP contribution in [0.4, 0.5) is 0 Å². The highest BCUT2D eigenvalue weighted by Crippen LogP contribution is 2.55. The number of carboxylic acids is 1. The van der Waals surface area contributed by atoms with E-state index in [1.54, 1.807) is 0 Å². The number of phenolic OH excluding ortho intramolecular Hbond substituents is 6. The first-order chi connectivity index (χ1) is 27.8. The van der Waals surface area contributed by atoms with Crippen molar-refractivity contribution in [2.75, 3.05) is 0 Å². The molecule has 59 heavy (non-hydrogen) atoms. The van der Waals surface area contributed by atoms with Gasteiger partial charge < -0.3 is 74.7 Å². The Bertz CT molecular complexity index is 2480. The molecule has 306 valence electrons. The average Bonchev–Trinajstić information content (AvgIpc) is 3.16. The minimum Gasteiger partial charge on any atom is -0.508 e. The second-order valence-electron chi connectivity index (χ2n) is 13.7. The molecule has 0 saturated heterocycles. The summed E-state index contributed by atoms with van der Waals surface area (Å²) in [6.45, 7) is 0. The van der Waals surface area contributed by atoms with Gasteiger partial charge in [0.25, 0.3) is 5.78 Å². The predicted octanol–water partition coefficient (Wildman–Crippen LogP) is 2.03. The predicted molar refractivity (Wildman–Crippen MR) is 194 cm³/mol. The summed E-state index contributed by atoms with van der Waals surface area (Å²) in [7, 11) is 0. The fourth-order valence-electron chi connectivity index (χ4n) is 6.80. The highest BCUT2D eigenvalue weighted by atomic mass is 16.8. The number of ether oxygens (including phenoxy) is 5. The zero-order chi connectivity index (χ0) is 42.6. The number of aromatic hydroxyl groups is 6. The van der Waals surface area contributed by atoms with Crippen molar-refractivity contribution in [1.82, 2.24) is 0 Å². The van der Waals surface area contributed by atoms with Gasteiger partial charge in [0.15, 0.2) is 46.2 Å². The highest BCUT2D eigenvalue weighted by molar-refractivity contribution is 6.08. The molecule has 4 aromatic rings. The lowest BCUT2D eigenvalue weighted by Gasteiger charge is -2.50. The van der Waals surface area contributed by atoms with Crippen LogP contribution in [0.1, 0.15) is 39.9 Å². The Morgan fingerprint density at radius 2 is 1.27 bits per heavy atom. The standard InChI is InChI=1S/C40H32O19/c41-21-14-26(46)34-30(15-21)59-40(20-5-7-23(43)25(45)13-20)39(54,36(34)50)57-29-12-19(2-8-28(29)58-40)4-10-33(49)56-35-27(47)16-38(53,37(51)52)17-31(35)55-32(48)9-3-18-1-6-22(42)24(44)11-18/h1-15,27,31,35,41-47,53-54H,16-17H2,(H,51,52)/t27-,31-,35-,38+,39?,40?/m1/s1. The lowest BCUT2D eigenvalue weighted by molar-refractivity contribution is -0.316. The van der Waals surface area contributed by atoms with Crippen molar-refractivity contribution in [3.63, 3.8) is 0 Å². The molecule has 0 aromatic heterocycles. The summed E-state index contributed by atoms with van der Waals surface area (Å²) < 4.78 is 28.6. The van der Waals surface area contributed by atoms with E-state index in [-0.39, 0.29) is 28.2 Å². The van der Waals surface area contributed by atoms with Gasteiger partial charge >= 0.3 is 29.5 Å². The number of rotatable bonds is 8. The Hall–Kier alpha value is -7.48.